The minimum atomic E-state index is 0. The third kappa shape index (κ3) is 6.23. The predicted octanol–water partition coefficient (Wildman–Crippen LogP) is 4.26. The SMILES string of the molecule is CCNC(=NCC1CCOC1c1ccccc1)NC1CCN(c2ncccc2Cl)C1.I. The largest absolute Gasteiger partial charge is 0.373 e. The summed E-state index contributed by atoms with van der Waals surface area (Å²) in [6, 6.07) is 14.5. The second kappa shape index (κ2) is 11.9. The molecule has 2 aromatic rings. The Morgan fingerprint density at radius 1 is 1.23 bits per heavy atom. The summed E-state index contributed by atoms with van der Waals surface area (Å²) in [5, 5.41) is 7.69. The van der Waals surface area contributed by atoms with Gasteiger partial charge in [0.25, 0.3) is 0 Å². The molecule has 2 aliphatic heterocycles. The molecular weight excluding hydrogens is 525 g/mol. The number of aliphatic imine (C=N–C) groups is 1. The highest BCUT2D eigenvalue weighted by molar-refractivity contribution is 14.0. The maximum atomic E-state index is 6.32. The number of hydrogen-bond donors (Lipinski definition) is 2. The lowest BCUT2D eigenvalue weighted by atomic mass is 9.95. The summed E-state index contributed by atoms with van der Waals surface area (Å²) in [4.78, 5) is 11.6. The van der Waals surface area contributed by atoms with E-state index in [0.717, 1.165) is 57.4 Å². The topological polar surface area (TPSA) is 61.8 Å². The molecule has 0 aliphatic carbocycles. The number of nitrogens with zero attached hydrogens (tertiary/aromatic N) is 3. The molecule has 1 aromatic carbocycles. The van der Waals surface area contributed by atoms with E-state index in [4.69, 9.17) is 21.3 Å². The van der Waals surface area contributed by atoms with E-state index in [0.29, 0.717) is 17.0 Å². The fourth-order valence-corrected chi connectivity index (χ4v) is 4.48. The molecule has 2 saturated heterocycles. The van der Waals surface area contributed by atoms with Crippen molar-refractivity contribution in [3.05, 3.63) is 59.2 Å². The Bertz CT molecular complexity index is 853. The van der Waals surface area contributed by atoms with Gasteiger partial charge in [-0.2, -0.15) is 0 Å². The van der Waals surface area contributed by atoms with Gasteiger partial charge in [0.15, 0.2) is 5.96 Å². The van der Waals surface area contributed by atoms with Crippen molar-refractivity contribution >= 4 is 47.4 Å². The molecule has 3 heterocycles. The number of halogens is 2. The van der Waals surface area contributed by atoms with Crippen molar-refractivity contribution in [3.63, 3.8) is 0 Å². The monoisotopic (exact) mass is 555 g/mol. The molecule has 2 N–H and O–H groups in total. The number of anilines is 1. The summed E-state index contributed by atoms with van der Waals surface area (Å²) >= 11 is 6.32. The van der Waals surface area contributed by atoms with Crippen LogP contribution in [0.4, 0.5) is 5.82 Å². The Labute approximate surface area is 206 Å². The van der Waals surface area contributed by atoms with E-state index in [1.54, 1.807) is 6.20 Å². The van der Waals surface area contributed by atoms with Crippen LogP contribution in [0.3, 0.4) is 0 Å². The zero-order chi connectivity index (χ0) is 20.8. The molecule has 2 aliphatic rings. The Morgan fingerprint density at radius 2 is 2.06 bits per heavy atom. The molecule has 168 valence electrons. The number of rotatable bonds is 6. The summed E-state index contributed by atoms with van der Waals surface area (Å²) in [6.07, 6.45) is 3.99. The number of hydrogen-bond acceptors (Lipinski definition) is 4. The Morgan fingerprint density at radius 3 is 2.84 bits per heavy atom. The van der Waals surface area contributed by atoms with E-state index in [2.05, 4.69) is 51.7 Å². The van der Waals surface area contributed by atoms with Crippen LogP contribution in [-0.2, 0) is 4.74 Å². The first kappa shape index (κ1) is 24.1. The maximum absolute atomic E-state index is 6.32. The number of ether oxygens (including phenoxy) is 1. The summed E-state index contributed by atoms with van der Waals surface area (Å²) in [5.41, 5.74) is 1.24. The molecule has 0 spiro atoms. The normalized spacial score (nSPS) is 23.5. The van der Waals surface area contributed by atoms with Gasteiger partial charge in [0.2, 0.25) is 0 Å². The summed E-state index contributed by atoms with van der Waals surface area (Å²) < 4.78 is 6.02. The predicted molar refractivity (Wildman–Crippen MR) is 138 cm³/mol. The average molecular weight is 556 g/mol. The number of pyridine rings is 1. The van der Waals surface area contributed by atoms with Crippen LogP contribution < -0.4 is 15.5 Å². The minimum absolute atomic E-state index is 0. The van der Waals surface area contributed by atoms with E-state index in [1.807, 2.05) is 18.2 Å². The number of guanidine groups is 1. The van der Waals surface area contributed by atoms with Crippen molar-refractivity contribution in [3.8, 4) is 0 Å². The van der Waals surface area contributed by atoms with Crippen molar-refractivity contribution in [2.75, 3.05) is 37.7 Å². The molecule has 6 nitrogen and oxygen atoms in total. The second-order valence-electron chi connectivity index (χ2n) is 7.86. The van der Waals surface area contributed by atoms with E-state index in [-0.39, 0.29) is 30.1 Å². The lowest BCUT2D eigenvalue weighted by Crippen LogP contribution is -2.45. The first-order valence-electron chi connectivity index (χ1n) is 10.8. The Hall–Kier alpha value is -1.58. The molecule has 0 radical (unpaired) electrons. The summed E-state index contributed by atoms with van der Waals surface area (Å²) in [6.45, 7) is 6.26. The van der Waals surface area contributed by atoms with Gasteiger partial charge in [0, 0.05) is 50.9 Å². The lowest BCUT2D eigenvalue weighted by Gasteiger charge is -2.21. The minimum Gasteiger partial charge on any atom is -0.373 e. The van der Waals surface area contributed by atoms with Crippen LogP contribution >= 0.6 is 35.6 Å². The zero-order valence-electron chi connectivity index (χ0n) is 17.8. The first-order valence-corrected chi connectivity index (χ1v) is 11.2. The highest BCUT2D eigenvalue weighted by atomic mass is 127. The molecule has 0 bridgehead atoms. The summed E-state index contributed by atoms with van der Waals surface area (Å²) in [7, 11) is 0. The molecule has 3 atom stereocenters. The number of nitrogens with one attached hydrogen (secondary N) is 2. The smallest absolute Gasteiger partial charge is 0.191 e. The van der Waals surface area contributed by atoms with Gasteiger partial charge in [0.1, 0.15) is 5.82 Å². The van der Waals surface area contributed by atoms with Crippen LogP contribution in [0.5, 0.6) is 0 Å². The van der Waals surface area contributed by atoms with Gasteiger partial charge in [-0.3, -0.25) is 4.99 Å². The van der Waals surface area contributed by atoms with Gasteiger partial charge in [-0.05, 0) is 37.5 Å². The van der Waals surface area contributed by atoms with E-state index in [1.165, 1.54) is 5.56 Å². The van der Waals surface area contributed by atoms with Crippen LogP contribution in [-0.4, -0.2) is 49.8 Å². The van der Waals surface area contributed by atoms with Gasteiger partial charge in [-0.1, -0.05) is 41.9 Å². The Balaban J connectivity index is 0.00000272. The van der Waals surface area contributed by atoms with Crippen molar-refractivity contribution in [1.82, 2.24) is 15.6 Å². The van der Waals surface area contributed by atoms with Crippen molar-refractivity contribution in [2.24, 2.45) is 10.9 Å². The standard InChI is InChI=1S/C23H30ClN5O.HI/c1-2-25-23(27-15-18-11-14-30-21(18)17-7-4-3-5-8-17)28-19-10-13-29(16-19)22-20(24)9-6-12-26-22;/h3-9,12,18-19,21H,2,10-11,13-16H2,1H3,(H2,25,27,28);1H. The molecule has 1 aromatic heterocycles. The van der Waals surface area contributed by atoms with E-state index < -0.39 is 0 Å². The molecule has 0 saturated carbocycles. The molecular formula is C23H31ClIN5O. The molecule has 3 unspecified atom stereocenters. The highest BCUT2D eigenvalue weighted by Crippen LogP contribution is 2.34. The van der Waals surface area contributed by atoms with Gasteiger partial charge in [-0.15, -0.1) is 24.0 Å². The quantitative estimate of drug-likeness (QED) is 0.317. The number of aromatic nitrogens is 1. The third-order valence-corrected chi connectivity index (χ3v) is 6.03. The number of benzene rings is 1. The van der Waals surface area contributed by atoms with Gasteiger partial charge >= 0.3 is 0 Å². The molecule has 31 heavy (non-hydrogen) atoms. The maximum Gasteiger partial charge on any atom is 0.191 e. The highest BCUT2D eigenvalue weighted by Gasteiger charge is 2.30. The second-order valence-corrected chi connectivity index (χ2v) is 8.26. The van der Waals surface area contributed by atoms with Crippen LogP contribution in [0, 0.1) is 5.92 Å². The molecule has 0 amide bonds. The average Bonchev–Trinajstić information content (AvgIpc) is 3.43. The summed E-state index contributed by atoms with van der Waals surface area (Å²) in [5.74, 6) is 2.13. The van der Waals surface area contributed by atoms with Crippen LogP contribution in [0.1, 0.15) is 31.4 Å². The van der Waals surface area contributed by atoms with E-state index >= 15 is 0 Å². The fraction of sp³-hybridized carbons (Fsp3) is 0.478. The van der Waals surface area contributed by atoms with Crippen molar-refractivity contribution in [2.45, 2.75) is 31.9 Å². The van der Waals surface area contributed by atoms with Crippen molar-refractivity contribution in [1.29, 1.82) is 0 Å². The fourth-order valence-electron chi connectivity index (χ4n) is 4.23. The van der Waals surface area contributed by atoms with E-state index in [9.17, 15) is 0 Å². The zero-order valence-corrected chi connectivity index (χ0v) is 20.9. The van der Waals surface area contributed by atoms with Crippen LogP contribution in [0.15, 0.2) is 53.7 Å². The molecule has 2 fully saturated rings. The van der Waals surface area contributed by atoms with Gasteiger partial charge in [-0.25, -0.2) is 4.98 Å². The molecule has 4 rings (SSSR count). The third-order valence-electron chi connectivity index (χ3n) is 5.74. The van der Waals surface area contributed by atoms with Crippen LogP contribution in [0.2, 0.25) is 5.02 Å². The van der Waals surface area contributed by atoms with Gasteiger partial charge in [0.05, 0.1) is 11.1 Å². The van der Waals surface area contributed by atoms with Gasteiger partial charge < -0.3 is 20.3 Å². The lowest BCUT2D eigenvalue weighted by molar-refractivity contribution is 0.0925. The first-order chi connectivity index (χ1) is 14.7. The Kier molecular flexibility index (Phi) is 9.22. The van der Waals surface area contributed by atoms with Crippen LogP contribution in [0.25, 0.3) is 0 Å². The van der Waals surface area contributed by atoms with Crippen molar-refractivity contribution < 1.29 is 4.74 Å². The molecule has 8 heteroatoms.